The molecule has 0 aromatic heterocycles. The molecule has 3 amide bonds. The molecule has 4 N–H and O–H groups in total. The van der Waals surface area contributed by atoms with Crippen LogP contribution in [-0.4, -0.2) is 47.2 Å². The maximum atomic E-state index is 11.9. The Bertz CT molecular complexity index is 304. The Hall–Kier alpha value is -1.30. The van der Waals surface area contributed by atoms with Gasteiger partial charge >= 0.3 is 6.03 Å². The van der Waals surface area contributed by atoms with E-state index in [9.17, 15) is 9.59 Å². The largest absolute Gasteiger partial charge is 0.394 e. The zero-order valence-corrected chi connectivity index (χ0v) is 10.4. The molecule has 6 nitrogen and oxygen atoms in total. The lowest BCUT2D eigenvalue weighted by molar-refractivity contribution is -0.128. The van der Waals surface area contributed by atoms with Gasteiger partial charge in [-0.05, 0) is 26.7 Å². The quantitative estimate of drug-likeness (QED) is 0.633. The Labute approximate surface area is 101 Å². The first-order valence-corrected chi connectivity index (χ1v) is 5.83. The highest BCUT2D eigenvalue weighted by atomic mass is 16.3. The van der Waals surface area contributed by atoms with Gasteiger partial charge in [0.25, 0.3) is 0 Å². The number of nitrogens with two attached hydrogens (primary N) is 1. The van der Waals surface area contributed by atoms with Crippen LogP contribution in [0.2, 0.25) is 0 Å². The Morgan fingerprint density at radius 2 is 2.18 bits per heavy atom. The lowest BCUT2D eigenvalue weighted by Gasteiger charge is -2.33. The van der Waals surface area contributed by atoms with Gasteiger partial charge in [-0.2, -0.15) is 0 Å². The van der Waals surface area contributed by atoms with E-state index in [2.05, 4.69) is 5.32 Å². The second-order valence-corrected chi connectivity index (χ2v) is 5.15. The topological polar surface area (TPSA) is 95.7 Å². The smallest absolute Gasteiger partial charge is 0.314 e. The monoisotopic (exact) mass is 243 g/mol. The molecule has 0 saturated carbocycles. The molecule has 1 unspecified atom stereocenters. The van der Waals surface area contributed by atoms with Gasteiger partial charge in [0, 0.05) is 13.1 Å². The standard InChI is InChI=1S/C11H21N3O3/c1-11(2,7-15)13-9(16)8-4-3-5-14(6-8)10(12)17/h8,15H,3-7H2,1-2H3,(H2,12,17)(H,13,16). The molecular formula is C11H21N3O3. The lowest BCUT2D eigenvalue weighted by Crippen LogP contribution is -2.52. The molecule has 1 atom stereocenters. The second kappa shape index (κ2) is 5.35. The van der Waals surface area contributed by atoms with Crippen LogP contribution in [0, 0.1) is 5.92 Å². The Balaban J connectivity index is 2.55. The third-order valence-electron chi connectivity index (χ3n) is 2.96. The first-order valence-electron chi connectivity index (χ1n) is 5.83. The molecule has 98 valence electrons. The van der Waals surface area contributed by atoms with E-state index in [1.165, 1.54) is 4.90 Å². The molecule has 0 bridgehead atoms. The fourth-order valence-electron chi connectivity index (χ4n) is 1.87. The average molecular weight is 243 g/mol. The van der Waals surface area contributed by atoms with Crippen LogP contribution in [0.3, 0.4) is 0 Å². The van der Waals surface area contributed by atoms with Gasteiger partial charge < -0.3 is 21.1 Å². The number of carbonyl (C=O) groups is 2. The van der Waals surface area contributed by atoms with E-state index >= 15 is 0 Å². The summed E-state index contributed by atoms with van der Waals surface area (Å²) in [4.78, 5) is 24.5. The average Bonchev–Trinajstić information content (AvgIpc) is 2.28. The third kappa shape index (κ3) is 3.89. The predicted molar refractivity (Wildman–Crippen MR) is 63.2 cm³/mol. The van der Waals surface area contributed by atoms with Crippen LogP contribution in [0.4, 0.5) is 4.79 Å². The Kier molecular flexibility index (Phi) is 4.34. The van der Waals surface area contributed by atoms with E-state index in [-0.39, 0.29) is 18.4 Å². The molecule has 0 aromatic rings. The van der Waals surface area contributed by atoms with Crippen molar-refractivity contribution < 1.29 is 14.7 Å². The van der Waals surface area contributed by atoms with Crippen molar-refractivity contribution in [1.29, 1.82) is 0 Å². The van der Waals surface area contributed by atoms with Crippen molar-refractivity contribution in [2.45, 2.75) is 32.2 Å². The van der Waals surface area contributed by atoms with E-state index in [1.807, 2.05) is 0 Å². The molecule has 1 aliphatic heterocycles. The van der Waals surface area contributed by atoms with Crippen molar-refractivity contribution in [3.05, 3.63) is 0 Å². The summed E-state index contributed by atoms with van der Waals surface area (Å²) >= 11 is 0. The highest BCUT2D eigenvalue weighted by Crippen LogP contribution is 2.17. The van der Waals surface area contributed by atoms with Gasteiger partial charge in [-0.1, -0.05) is 0 Å². The molecule has 0 aromatic carbocycles. The molecule has 0 radical (unpaired) electrons. The summed E-state index contributed by atoms with van der Waals surface area (Å²) in [5, 5.41) is 11.8. The number of carbonyl (C=O) groups excluding carboxylic acids is 2. The molecule has 17 heavy (non-hydrogen) atoms. The van der Waals surface area contributed by atoms with Gasteiger partial charge in [-0.3, -0.25) is 4.79 Å². The number of piperidine rings is 1. The number of hydrogen-bond donors (Lipinski definition) is 3. The third-order valence-corrected chi connectivity index (χ3v) is 2.96. The van der Waals surface area contributed by atoms with Gasteiger partial charge in [-0.25, -0.2) is 4.79 Å². The van der Waals surface area contributed by atoms with Gasteiger partial charge in [0.1, 0.15) is 0 Å². The van der Waals surface area contributed by atoms with Crippen molar-refractivity contribution in [3.63, 3.8) is 0 Å². The van der Waals surface area contributed by atoms with Crippen LogP contribution in [0.5, 0.6) is 0 Å². The molecule has 0 aliphatic carbocycles. The highest BCUT2D eigenvalue weighted by Gasteiger charge is 2.30. The molecule has 1 aliphatic rings. The number of amides is 3. The maximum Gasteiger partial charge on any atom is 0.314 e. The van der Waals surface area contributed by atoms with E-state index in [4.69, 9.17) is 10.8 Å². The number of aliphatic hydroxyl groups excluding tert-OH is 1. The van der Waals surface area contributed by atoms with Gasteiger partial charge in [0.05, 0.1) is 18.1 Å². The van der Waals surface area contributed by atoms with Crippen LogP contribution in [-0.2, 0) is 4.79 Å². The minimum absolute atomic E-state index is 0.120. The number of likely N-dealkylation sites (tertiary alicyclic amines) is 1. The molecule has 0 spiro atoms. The SMILES string of the molecule is CC(C)(CO)NC(=O)C1CCCN(C(N)=O)C1. The van der Waals surface area contributed by atoms with Gasteiger partial charge in [0.15, 0.2) is 0 Å². The predicted octanol–water partition coefficient (Wildman–Crippen LogP) is -0.336. The number of rotatable bonds is 3. The molecular weight excluding hydrogens is 222 g/mol. The van der Waals surface area contributed by atoms with Gasteiger partial charge in [0.2, 0.25) is 5.91 Å². The summed E-state index contributed by atoms with van der Waals surface area (Å²) in [6, 6.07) is -0.482. The summed E-state index contributed by atoms with van der Waals surface area (Å²) in [5.41, 5.74) is 4.57. The van der Waals surface area contributed by atoms with Crippen LogP contribution in [0.1, 0.15) is 26.7 Å². The summed E-state index contributed by atoms with van der Waals surface area (Å²) in [5.74, 6) is -0.364. The number of nitrogens with one attached hydrogen (secondary N) is 1. The van der Waals surface area contributed by atoms with E-state index in [0.29, 0.717) is 13.1 Å². The molecule has 1 saturated heterocycles. The summed E-state index contributed by atoms with van der Waals surface area (Å²) < 4.78 is 0. The Morgan fingerprint density at radius 1 is 1.53 bits per heavy atom. The number of hydrogen-bond acceptors (Lipinski definition) is 3. The molecule has 1 heterocycles. The maximum absolute atomic E-state index is 11.9. The normalized spacial score (nSPS) is 21.1. The fourth-order valence-corrected chi connectivity index (χ4v) is 1.87. The minimum atomic E-state index is -0.633. The molecule has 6 heteroatoms. The lowest BCUT2D eigenvalue weighted by atomic mass is 9.95. The van der Waals surface area contributed by atoms with Crippen molar-refractivity contribution in [1.82, 2.24) is 10.2 Å². The fraction of sp³-hybridized carbons (Fsp3) is 0.818. The van der Waals surface area contributed by atoms with Crippen molar-refractivity contribution in [3.8, 4) is 0 Å². The van der Waals surface area contributed by atoms with Crippen molar-refractivity contribution >= 4 is 11.9 Å². The number of urea groups is 1. The number of primary amides is 1. The van der Waals surface area contributed by atoms with Crippen LogP contribution >= 0.6 is 0 Å². The van der Waals surface area contributed by atoms with E-state index in [0.717, 1.165) is 12.8 Å². The summed E-state index contributed by atoms with van der Waals surface area (Å²) in [6.45, 7) is 4.36. The van der Waals surface area contributed by atoms with Crippen molar-refractivity contribution in [2.24, 2.45) is 11.7 Å². The van der Waals surface area contributed by atoms with Crippen LogP contribution < -0.4 is 11.1 Å². The zero-order valence-electron chi connectivity index (χ0n) is 10.4. The van der Waals surface area contributed by atoms with Gasteiger partial charge in [-0.15, -0.1) is 0 Å². The number of aliphatic hydroxyl groups is 1. The number of nitrogens with zero attached hydrogens (tertiary/aromatic N) is 1. The zero-order chi connectivity index (χ0) is 13.1. The van der Waals surface area contributed by atoms with E-state index in [1.54, 1.807) is 13.8 Å². The summed E-state index contributed by atoms with van der Waals surface area (Å²) in [6.07, 6.45) is 1.53. The van der Waals surface area contributed by atoms with Crippen LogP contribution in [0.25, 0.3) is 0 Å². The molecule has 1 rings (SSSR count). The highest BCUT2D eigenvalue weighted by molar-refractivity contribution is 5.81. The molecule has 1 fully saturated rings. The van der Waals surface area contributed by atoms with Crippen LogP contribution in [0.15, 0.2) is 0 Å². The Morgan fingerprint density at radius 3 is 2.71 bits per heavy atom. The van der Waals surface area contributed by atoms with Crippen molar-refractivity contribution in [2.75, 3.05) is 19.7 Å². The second-order valence-electron chi connectivity index (χ2n) is 5.15. The van der Waals surface area contributed by atoms with E-state index < -0.39 is 11.6 Å². The first kappa shape index (κ1) is 13.8. The minimum Gasteiger partial charge on any atom is -0.394 e. The first-order chi connectivity index (χ1) is 7.85. The summed E-state index contributed by atoms with van der Waals surface area (Å²) in [7, 11) is 0.